The van der Waals surface area contributed by atoms with Gasteiger partial charge in [0.25, 0.3) is 5.91 Å². The van der Waals surface area contributed by atoms with Crippen LogP contribution in [0.15, 0.2) is 24.3 Å². The monoisotopic (exact) mass is 284 g/mol. The molecule has 1 amide bonds. The standard InChI is InChI=1S/C16H20N4O/c1-3-6-12-14(17)15(19-18-12)16(21)20-10(2)9-11-7-4-5-8-13(11)20/h4-5,7-8,10H,3,6,9,17H2,1-2H3,(H,18,19). The molecule has 0 bridgehead atoms. The van der Waals surface area contributed by atoms with Gasteiger partial charge < -0.3 is 10.6 Å². The molecule has 1 aromatic heterocycles. The largest absolute Gasteiger partial charge is 0.395 e. The van der Waals surface area contributed by atoms with Gasteiger partial charge in [-0.1, -0.05) is 31.5 Å². The highest BCUT2D eigenvalue weighted by molar-refractivity contribution is 6.09. The molecule has 21 heavy (non-hydrogen) atoms. The Kier molecular flexibility index (Phi) is 3.41. The number of rotatable bonds is 3. The van der Waals surface area contributed by atoms with Crippen LogP contribution in [0.3, 0.4) is 0 Å². The van der Waals surface area contributed by atoms with Crippen LogP contribution in [0.2, 0.25) is 0 Å². The molecule has 3 rings (SSSR count). The zero-order valence-electron chi connectivity index (χ0n) is 12.4. The lowest BCUT2D eigenvalue weighted by Crippen LogP contribution is -2.36. The van der Waals surface area contributed by atoms with Crippen LogP contribution in [0, 0.1) is 0 Å². The van der Waals surface area contributed by atoms with E-state index >= 15 is 0 Å². The lowest BCUT2D eigenvalue weighted by Gasteiger charge is -2.21. The Morgan fingerprint density at radius 2 is 2.24 bits per heavy atom. The minimum Gasteiger partial charge on any atom is -0.395 e. The summed E-state index contributed by atoms with van der Waals surface area (Å²) in [6.45, 7) is 4.12. The van der Waals surface area contributed by atoms with Crippen LogP contribution in [-0.2, 0) is 12.8 Å². The number of nitrogens with one attached hydrogen (secondary N) is 1. The van der Waals surface area contributed by atoms with Gasteiger partial charge in [0.05, 0.1) is 11.4 Å². The Hall–Kier alpha value is -2.30. The summed E-state index contributed by atoms with van der Waals surface area (Å²) < 4.78 is 0. The van der Waals surface area contributed by atoms with Gasteiger partial charge in [0, 0.05) is 11.7 Å². The quantitative estimate of drug-likeness (QED) is 0.909. The fraction of sp³-hybridized carbons (Fsp3) is 0.375. The normalized spacial score (nSPS) is 17.0. The number of hydrogen-bond donors (Lipinski definition) is 2. The molecule has 2 heterocycles. The van der Waals surface area contributed by atoms with Crippen molar-refractivity contribution in [3.05, 3.63) is 41.2 Å². The smallest absolute Gasteiger partial charge is 0.281 e. The molecule has 5 heteroatoms. The predicted molar refractivity (Wildman–Crippen MR) is 83.4 cm³/mol. The molecule has 1 atom stereocenters. The molecule has 0 saturated heterocycles. The number of fused-ring (bicyclic) bond motifs is 1. The Bertz CT molecular complexity index is 677. The van der Waals surface area contributed by atoms with Crippen molar-refractivity contribution >= 4 is 17.3 Å². The number of aromatic nitrogens is 2. The first-order valence-electron chi connectivity index (χ1n) is 7.37. The summed E-state index contributed by atoms with van der Waals surface area (Å²) in [6, 6.07) is 8.12. The Labute approximate surface area is 124 Å². The van der Waals surface area contributed by atoms with Crippen LogP contribution >= 0.6 is 0 Å². The summed E-state index contributed by atoms with van der Waals surface area (Å²) in [6.07, 6.45) is 2.63. The fourth-order valence-electron chi connectivity index (χ4n) is 2.98. The van der Waals surface area contributed by atoms with Gasteiger partial charge in [-0.05, 0) is 31.4 Å². The van der Waals surface area contributed by atoms with Crippen LogP contribution in [0.25, 0.3) is 0 Å². The second kappa shape index (κ2) is 5.24. The lowest BCUT2D eigenvalue weighted by atomic mass is 10.1. The molecule has 1 aliphatic rings. The van der Waals surface area contributed by atoms with E-state index < -0.39 is 0 Å². The summed E-state index contributed by atoms with van der Waals surface area (Å²) in [4.78, 5) is 14.6. The van der Waals surface area contributed by atoms with E-state index in [0.29, 0.717) is 11.4 Å². The molecule has 1 aromatic carbocycles. The number of amides is 1. The van der Waals surface area contributed by atoms with Gasteiger partial charge in [-0.15, -0.1) is 0 Å². The first kappa shape index (κ1) is 13.7. The molecule has 0 spiro atoms. The van der Waals surface area contributed by atoms with Gasteiger partial charge in [-0.3, -0.25) is 9.89 Å². The van der Waals surface area contributed by atoms with Crippen molar-refractivity contribution in [2.24, 2.45) is 0 Å². The van der Waals surface area contributed by atoms with Crippen LogP contribution < -0.4 is 10.6 Å². The molecular formula is C16H20N4O. The summed E-state index contributed by atoms with van der Waals surface area (Å²) in [5.74, 6) is -0.122. The maximum absolute atomic E-state index is 12.8. The number of carbonyl (C=O) groups excluding carboxylic acids is 1. The Morgan fingerprint density at radius 3 is 3.00 bits per heavy atom. The van der Waals surface area contributed by atoms with E-state index in [1.807, 2.05) is 25.1 Å². The third kappa shape index (κ3) is 2.18. The molecule has 0 fully saturated rings. The van der Waals surface area contributed by atoms with E-state index in [0.717, 1.165) is 30.6 Å². The van der Waals surface area contributed by atoms with Crippen molar-refractivity contribution in [3.63, 3.8) is 0 Å². The van der Waals surface area contributed by atoms with Gasteiger partial charge in [0.15, 0.2) is 5.69 Å². The number of aromatic amines is 1. The highest BCUT2D eigenvalue weighted by Crippen LogP contribution is 2.33. The number of nitrogens with two attached hydrogens (primary N) is 1. The minimum atomic E-state index is -0.122. The van der Waals surface area contributed by atoms with E-state index in [1.165, 1.54) is 5.56 Å². The molecule has 0 aliphatic carbocycles. The van der Waals surface area contributed by atoms with Gasteiger partial charge in [0.2, 0.25) is 0 Å². The summed E-state index contributed by atoms with van der Waals surface area (Å²) in [5.41, 5.74) is 9.91. The summed E-state index contributed by atoms with van der Waals surface area (Å²) >= 11 is 0. The van der Waals surface area contributed by atoms with Gasteiger partial charge in [0.1, 0.15) is 0 Å². The summed E-state index contributed by atoms with van der Waals surface area (Å²) in [7, 11) is 0. The van der Waals surface area contributed by atoms with Crippen molar-refractivity contribution in [1.29, 1.82) is 0 Å². The van der Waals surface area contributed by atoms with E-state index in [4.69, 9.17) is 5.73 Å². The van der Waals surface area contributed by atoms with E-state index in [2.05, 4.69) is 23.2 Å². The topological polar surface area (TPSA) is 75.0 Å². The molecule has 1 unspecified atom stereocenters. The second-order valence-electron chi connectivity index (χ2n) is 5.57. The van der Waals surface area contributed by atoms with Gasteiger partial charge >= 0.3 is 0 Å². The number of aryl methyl sites for hydroxylation is 1. The van der Waals surface area contributed by atoms with E-state index in [1.54, 1.807) is 4.90 Å². The van der Waals surface area contributed by atoms with E-state index in [9.17, 15) is 4.79 Å². The highest BCUT2D eigenvalue weighted by Gasteiger charge is 2.33. The van der Waals surface area contributed by atoms with Crippen LogP contribution in [-0.4, -0.2) is 22.1 Å². The fourth-order valence-corrected chi connectivity index (χ4v) is 2.98. The Balaban J connectivity index is 1.96. The number of nitrogen functional groups attached to an aromatic ring is 1. The molecule has 3 N–H and O–H groups in total. The number of hydrogen-bond acceptors (Lipinski definition) is 3. The number of anilines is 2. The number of carbonyl (C=O) groups is 1. The van der Waals surface area contributed by atoms with Crippen molar-refractivity contribution in [1.82, 2.24) is 10.2 Å². The highest BCUT2D eigenvalue weighted by atomic mass is 16.2. The maximum Gasteiger partial charge on any atom is 0.281 e. The number of H-pyrrole nitrogens is 1. The lowest BCUT2D eigenvalue weighted by molar-refractivity contribution is 0.0977. The van der Waals surface area contributed by atoms with Crippen molar-refractivity contribution < 1.29 is 4.79 Å². The average Bonchev–Trinajstić information content (AvgIpc) is 2.99. The van der Waals surface area contributed by atoms with Crippen molar-refractivity contribution in [2.45, 2.75) is 39.2 Å². The van der Waals surface area contributed by atoms with Crippen LogP contribution in [0.1, 0.15) is 42.0 Å². The third-order valence-electron chi connectivity index (χ3n) is 4.01. The van der Waals surface area contributed by atoms with Crippen molar-refractivity contribution in [2.75, 3.05) is 10.6 Å². The zero-order valence-corrected chi connectivity index (χ0v) is 12.4. The number of benzene rings is 1. The van der Waals surface area contributed by atoms with E-state index in [-0.39, 0.29) is 11.9 Å². The molecule has 1 aliphatic heterocycles. The third-order valence-corrected chi connectivity index (χ3v) is 4.01. The molecule has 0 radical (unpaired) electrons. The van der Waals surface area contributed by atoms with Crippen LogP contribution in [0.4, 0.5) is 11.4 Å². The van der Waals surface area contributed by atoms with Gasteiger partial charge in [-0.2, -0.15) is 5.10 Å². The molecule has 2 aromatic rings. The van der Waals surface area contributed by atoms with Crippen molar-refractivity contribution in [3.8, 4) is 0 Å². The second-order valence-corrected chi connectivity index (χ2v) is 5.57. The van der Waals surface area contributed by atoms with Gasteiger partial charge in [-0.25, -0.2) is 0 Å². The molecule has 5 nitrogen and oxygen atoms in total. The zero-order chi connectivity index (χ0) is 15.0. The maximum atomic E-state index is 12.8. The minimum absolute atomic E-state index is 0.122. The molecule has 110 valence electrons. The first-order chi connectivity index (χ1) is 10.1. The average molecular weight is 284 g/mol. The number of para-hydroxylation sites is 1. The summed E-state index contributed by atoms with van der Waals surface area (Å²) in [5, 5.41) is 7.04. The Morgan fingerprint density at radius 1 is 1.48 bits per heavy atom. The number of nitrogens with zero attached hydrogens (tertiary/aromatic N) is 2. The first-order valence-corrected chi connectivity index (χ1v) is 7.37. The SMILES string of the molecule is CCCc1[nH]nc(C(=O)N2c3ccccc3CC2C)c1N. The molecular weight excluding hydrogens is 264 g/mol. The molecule has 0 saturated carbocycles. The van der Waals surface area contributed by atoms with Crippen LogP contribution in [0.5, 0.6) is 0 Å². The predicted octanol–water partition coefficient (Wildman–Crippen LogP) is 2.54.